The highest BCUT2D eigenvalue weighted by molar-refractivity contribution is 5.94. The minimum absolute atomic E-state index is 0.0337. The average Bonchev–Trinajstić information content (AvgIpc) is 3.17. The monoisotopic (exact) mass is 384 g/mol. The number of piperidine rings is 1. The summed E-state index contributed by atoms with van der Waals surface area (Å²) < 4.78 is 0. The molecule has 2 amide bonds. The van der Waals surface area contributed by atoms with E-state index in [0.29, 0.717) is 37.9 Å². The summed E-state index contributed by atoms with van der Waals surface area (Å²) in [6, 6.07) is 2.58. The summed E-state index contributed by atoms with van der Waals surface area (Å²) in [5.41, 5.74) is 1.74. The van der Waals surface area contributed by atoms with Crippen LogP contribution >= 0.6 is 0 Å². The predicted octanol–water partition coefficient (Wildman–Crippen LogP) is -0.168. The molecule has 3 N–H and O–H groups in total. The first-order valence-corrected chi connectivity index (χ1v) is 9.39. The smallest absolute Gasteiger partial charge is 0.255 e. The molecular weight excluding hydrogens is 360 g/mol. The average molecular weight is 384 g/mol. The Balaban J connectivity index is 1.54. The van der Waals surface area contributed by atoms with Gasteiger partial charge in [0, 0.05) is 51.6 Å². The molecule has 1 spiro atoms. The van der Waals surface area contributed by atoms with Gasteiger partial charge in [-0.1, -0.05) is 0 Å². The Bertz CT molecular complexity index is 934. The van der Waals surface area contributed by atoms with Crippen molar-refractivity contribution >= 4 is 11.8 Å². The summed E-state index contributed by atoms with van der Waals surface area (Å²) in [5, 5.41) is 3.54. The van der Waals surface area contributed by atoms with Crippen molar-refractivity contribution in [2.24, 2.45) is 0 Å². The Kier molecular flexibility index (Phi) is 4.54. The number of aromatic nitrogens is 3. The second-order valence-corrected chi connectivity index (χ2v) is 7.68. The van der Waals surface area contributed by atoms with Crippen LogP contribution in [0.1, 0.15) is 34.6 Å². The molecule has 0 bridgehead atoms. The molecule has 2 aliphatic rings. The number of likely N-dealkylation sites (tertiary alicyclic amines) is 1. The molecule has 2 aromatic rings. The van der Waals surface area contributed by atoms with Gasteiger partial charge in [-0.3, -0.25) is 19.7 Å². The van der Waals surface area contributed by atoms with Gasteiger partial charge in [-0.2, -0.15) is 0 Å². The van der Waals surface area contributed by atoms with Crippen molar-refractivity contribution in [1.29, 1.82) is 0 Å². The van der Waals surface area contributed by atoms with Gasteiger partial charge in [0.25, 0.3) is 5.91 Å². The highest BCUT2D eigenvalue weighted by Crippen LogP contribution is 2.37. The number of likely N-dealkylation sites (N-methyl/N-ethyl adjacent to an activating group) is 1. The van der Waals surface area contributed by atoms with Crippen molar-refractivity contribution in [2.75, 3.05) is 27.2 Å². The third-order valence-corrected chi connectivity index (χ3v) is 5.70. The molecule has 148 valence electrons. The molecule has 0 aliphatic carbocycles. The lowest BCUT2D eigenvalue weighted by atomic mass is 9.78. The van der Waals surface area contributed by atoms with Crippen LogP contribution in [0.5, 0.6) is 0 Å². The molecule has 2 aromatic heterocycles. The number of pyridine rings is 1. The van der Waals surface area contributed by atoms with Crippen LogP contribution in [0.25, 0.3) is 0 Å². The lowest BCUT2D eigenvalue weighted by Crippen LogP contribution is -2.61. The number of rotatable bonds is 2. The lowest BCUT2D eigenvalue weighted by Gasteiger charge is -2.46. The summed E-state index contributed by atoms with van der Waals surface area (Å²) in [6.07, 6.45) is 5.03. The standard InChI is InChI=1S/C19H24N6O3/c1-24(2)18(28)14-9-13-16(22-11-21-13)19(23-14)5-7-25(8-6-19)17(27)12-3-4-15(26)20-10-12/h3-4,10-11,14,23H,5-9H2,1-2H3,(H,20,26)(H,21,22)/t14-/m0/s1. The molecule has 9 heteroatoms. The van der Waals surface area contributed by atoms with Gasteiger partial charge in [-0.05, 0) is 18.9 Å². The summed E-state index contributed by atoms with van der Waals surface area (Å²) in [7, 11) is 3.51. The van der Waals surface area contributed by atoms with Crippen molar-refractivity contribution in [1.82, 2.24) is 30.1 Å². The van der Waals surface area contributed by atoms with Crippen LogP contribution in [-0.2, 0) is 16.8 Å². The first kappa shape index (κ1) is 18.4. The number of aromatic amines is 2. The van der Waals surface area contributed by atoms with Gasteiger partial charge < -0.3 is 19.8 Å². The van der Waals surface area contributed by atoms with Crippen molar-refractivity contribution in [3.63, 3.8) is 0 Å². The Morgan fingerprint density at radius 1 is 1.21 bits per heavy atom. The minimum atomic E-state index is -0.425. The number of amides is 2. The number of fused-ring (bicyclic) bond motifs is 2. The molecular formula is C19H24N6O3. The molecule has 0 aromatic carbocycles. The van der Waals surface area contributed by atoms with Gasteiger partial charge >= 0.3 is 0 Å². The summed E-state index contributed by atoms with van der Waals surface area (Å²) in [5.74, 6) is -0.0727. The predicted molar refractivity (Wildman–Crippen MR) is 102 cm³/mol. The topological polar surface area (TPSA) is 114 Å². The van der Waals surface area contributed by atoms with E-state index in [9.17, 15) is 14.4 Å². The number of hydrogen-bond acceptors (Lipinski definition) is 5. The molecule has 0 unspecified atom stereocenters. The van der Waals surface area contributed by atoms with Crippen LogP contribution < -0.4 is 10.9 Å². The first-order valence-electron chi connectivity index (χ1n) is 9.39. The van der Waals surface area contributed by atoms with Crippen LogP contribution in [0.3, 0.4) is 0 Å². The van der Waals surface area contributed by atoms with Gasteiger partial charge in [0.1, 0.15) is 0 Å². The Hall–Kier alpha value is -2.94. The first-order chi connectivity index (χ1) is 13.4. The molecule has 4 rings (SSSR count). The highest BCUT2D eigenvalue weighted by atomic mass is 16.2. The van der Waals surface area contributed by atoms with Crippen molar-refractivity contribution in [3.05, 3.63) is 52.0 Å². The molecule has 0 radical (unpaired) electrons. The fourth-order valence-corrected chi connectivity index (χ4v) is 4.21. The maximum Gasteiger partial charge on any atom is 0.255 e. The molecule has 4 heterocycles. The van der Waals surface area contributed by atoms with Crippen LogP contribution in [-0.4, -0.2) is 69.8 Å². The van der Waals surface area contributed by atoms with E-state index < -0.39 is 5.54 Å². The molecule has 1 saturated heterocycles. The molecule has 28 heavy (non-hydrogen) atoms. The highest BCUT2D eigenvalue weighted by Gasteiger charge is 2.46. The van der Waals surface area contributed by atoms with Crippen LogP contribution in [0.2, 0.25) is 0 Å². The van der Waals surface area contributed by atoms with E-state index in [1.54, 1.807) is 36.3 Å². The fourth-order valence-electron chi connectivity index (χ4n) is 4.21. The number of hydrogen-bond donors (Lipinski definition) is 3. The van der Waals surface area contributed by atoms with E-state index in [2.05, 4.69) is 20.3 Å². The number of carbonyl (C=O) groups is 2. The lowest BCUT2D eigenvalue weighted by molar-refractivity contribution is -0.132. The number of carbonyl (C=O) groups excluding carboxylic acids is 2. The maximum atomic E-state index is 12.7. The van der Waals surface area contributed by atoms with Gasteiger partial charge in [0.2, 0.25) is 11.5 Å². The fraction of sp³-hybridized carbons (Fsp3) is 0.474. The molecule has 1 fully saturated rings. The van der Waals surface area contributed by atoms with E-state index in [1.165, 1.54) is 12.3 Å². The number of H-pyrrole nitrogens is 2. The second kappa shape index (κ2) is 6.90. The Labute approximate surface area is 162 Å². The summed E-state index contributed by atoms with van der Waals surface area (Å²) >= 11 is 0. The zero-order chi connectivity index (χ0) is 19.9. The maximum absolute atomic E-state index is 12.7. The second-order valence-electron chi connectivity index (χ2n) is 7.68. The van der Waals surface area contributed by atoms with Gasteiger partial charge in [0.15, 0.2) is 0 Å². The summed E-state index contributed by atoms with van der Waals surface area (Å²) in [4.78, 5) is 50.2. The number of imidazole rings is 1. The van der Waals surface area contributed by atoms with E-state index in [1.807, 2.05) is 0 Å². The SMILES string of the molecule is CN(C)C(=O)[C@@H]1Cc2[nH]cnc2C2(CCN(C(=O)c3ccc(=O)[nH]c3)CC2)N1. The number of nitrogens with one attached hydrogen (secondary N) is 3. The van der Waals surface area contributed by atoms with Crippen LogP contribution in [0.15, 0.2) is 29.5 Å². The van der Waals surface area contributed by atoms with Gasteiger partial charge in [-0.25, -0.2) is 4.98 Å². The van der Waals surface area contributed by atoms with E-state index in [4.69, 9.17) is 0 Å². The molecule has 2 aliphatic heterocycles. The molecule has 1 atom stereocenters. The van der Waals surface area contributed by atoms with Crippen LogP contribution in [0, 0.1) is 0 Å². The molecule has 9 nitrogen and oxygen atoms in total. The van der Waals surface area contributed by atoms with Crippen molar-refractivity contribution in [3.8, 4) is 0 Å². The normalized spacial score (nSPS) is 20.6. The minimum Gasteiger partial charge on any atom is -0.348 e. The zero-order valence-electron chi connectivity index (χ0n) is 16.0. The number of nitrogens with zero attached hydrogens (tertiary/aromatic N) is 3. The van der Waals surface area contributed by atoms with Crippen molar-refractivity contribution in [2.45, 2.75) is 30.8 Å². The molecule has 0 saturated carbocycles. The van der Waals surface area contributed by atoms with E-state index in [0.717, 1.165) is 11.4 Å². The summed E-state index contributed by atoms with van der Waals surface area (Å²) in [6.45, 7) is 1.08. The zero-order valence-corrected chi connectivity index (χ0v) is 16.0. The Morgan fingerprint density at radius 3 is 2.61 bits per heavy atom. The third-order valence-electron chi connectivity index (χ3n) is 5.70. The largest absolute Gasteiger partial charge is 0.348 e. The van der Waals surface area contributed by atoms with E-state index in [-0.39, 0.29) is 23.4 Å². The van der Waals surface area contributed by atoms with E-state index >= 15 is 0 Å². The van der Waals surface area contributed by atoms with Gasteiger partial charge in [0.05, 0.1) is 29.2 Å². The van der Waals surface area contributed by atoms with Crippen molar-refractivity contribution < 1.29 is 9.59 Å². The quantitative estimate of drug-likeness (QED) is 0.665. The Morgan fingerprint density at radius 2 is 1.96 bits per heavy atom. The third kappa shape index (κ3) is 3.11. The van der Waals surface area contributed by atoms with Gasteiger partial charge in [-0.15, -0.1) is 0 Å². The van der Waals surface area contributed by atoms with Crippen LogP contribution in [0.4, 0.5) is 0 Å².